The smallest absolute Gasteiger partial charge is 0.149 e. The average molecular weight is 307 g/mol. The van der Waals surface area contributed by atoms with Crippen LogP contribution in [-0.4, -0.2) is 46.7 Å². The largest absolute Gasteiger partial charge is 0.298 e. The van der Waals surface area contributed by atoms with Gasteiger partial charge in [0.1, 0.15) is 5.78 Å². The van der Waals surface area contributed by atoms with Gasteiger partial charge in [-0.2, -0.15) is 0 Å². The lowest BCUT2D eigenvalue weighted by Gasteiger charge is -2.64. The molecule has 4 bridgehead atoms. The number of hydrogen-bond acceptors (Lipinski definition) is 4. The van der Waals surface area contributed by atoms with E-state index in [9.17, 15) is 4.79 Å². The van der Waals surface area contributed by atoms with Crippen LogP contribution in [0.3, 0.4) is 0 Å². The topological polar surface area (TPSA) is 36.4 Å². The molecule has 4 aliphatic rings. The first-order chi connectivity index (χ1) is 11.0. The third-order valence-electron chi connectivity index (χ3n) is 5.91. The monoisotopic (exact) mass is 307 g/mol. The second-order valence-electron chi connectivity index (χ2n) is 8.10. The Morgan fingerprint density at radius 2 is 1.65 bits per heavy atom. The molecule has 4 heteroatoms. The van der Waals surface area contributed by atoms with E-state index < -0.39 is 0 Å². The zero-order valence-electron chi connectivity index (χ0n) is 13.6. The molecule has 0 spiro atoms. The van der Waals surface area contributed by atoms with Crippen LogP contribution in [0.15, 0.2) is 36.5 Å². The van der Waals surface area contributed by atoms with Crippen LogP contribution >= 0.6 is 0 Å². The van der Waals surface area contributed by atoms with Gasteiger partial charge in [-0.15, -0.1) is 0 Å². The molecule has 2 aromatic rings. The van der Waals surface area contributed by atoms with Crippen LogP contribution < -0.4 is 0 Å². The molecule has 4 fully saturated rings. The average Bonchev–Trinajstić information content (AvgIpc) is 2.51. The van der Waals surface area contributed by atoms with Gasteiger partial charge in [-0.1, -0.05) is 32.0 Å². The molecule has 6 rings (SSSR count). The minimum Gasteiger partial charge on any atom is -0.298 e. The number of carbonyl (C=O) groups excluding carboxylic acids is 1. The molecular weight excluding hydrogens is 286 g/mol. The van der Waals surface area contributed by atoms with Crippen molar-refractivity contribution in [1.82, 2.24) is 14.8 Å². The molecule has 0 radical (unpaired) electrons. The highest BCUT2D eigenvalue weighted by Crippen LogP contribution is 2.51. The van der Waals surface area contributed by atoms with Crippen molar-refractivity contribution >= 4 is 16.7 Å². The Balaban J connectivity index is 1.58. The molecule has 4 nitrogen and oxygen atoms in total. The van der Waals surface area contributed by atoms with Gasteiger partial charge in [-0.05, 0) is 12.1 Å². The Bertz CT molecular complexity index is 790. The van der Waals surface area contributed by atoms with Crippen LogP contribution in [0.4, 0.5) is 0 Å². The summed E-state index contributed by atoms with van der Waals surface area (Å²) in [5.41, 5.74) is 1.89. The lowest BCUT2D eigenvalue weighted by Crippen LogP contribution is -2.75. The van der Waals surface area contributed by atoms with E-state index in [0.717, 1.165) is 31.7 Å². The zero-order chi connectivity index (χ0) is 15.8. The molecule has 0 atom stereocenters. The van der Waals surface area contributed by atoms with Gasteiger partial charge in [0, 0.05) is 43.3 Å². The summed E-state index contributed by atoms with van der Waals surface area (Å²) in [5.74, 6) is 0.465. The van der Waals surface area contributed by atoms with Gasteiger partial charge in [-0.3, -0.25) is 19.6 Å². The first kappa shape index (κ1) is 13.6. The molecule has 1 aromatic heterocycles. The number of hydrogen-bond donors (Lipinski definition) is 0. The molecule has 1 aromatic carbocycles. The van der Waals surface area contributed by atoms with Crippen molar-refractivity contribution in [3.8, 4) is 0 Å². The van der Waals surface area contributed by atoms with E-state index in [1.54, 1.807) is 0 Å². The Labute approximate surface area is 136 Å². The van der Waals surface area contributed by atoms with Gasteiger partial charge in [-0.25, -0.2) is 0 Å². The SMILES string of the molecule is CC12CN3CC(C)(CN(C1)C3c1cnc3ccccc3c1)C2=O. The third-order valence-corrected chi connectivity index (χ3v) is 5.91. The highest BCUT2D eigenvalue weighted by molar-refractivity contribution is 5.92. The van der Waals surface area contributed by atoms with Gasteiger partial charge in [0.05, 0.1) is 22.5 Å². The second kappa shape index (κ2) is 4.19. The molecular formula is C19H21N3O. The van der Waals surface area contributed by atoms with Gasteiger partial charge in [0.2, 0.25) is 0 Å². The minimum atomic E-state index is -0.202. The molecule has 4 aliphatic heterocycles. The van der Waals surface area contributed by atoms with E-state index >= 15 is 0 Å². The summed E-state index contributed by atoms with van der Waals surface area (Å²) in [5, 5.41) is 1.19. The number of carbonyl (C=O) groups is 1. The van der Waals surface area contributed by atoms with Crippen molar-refractivity contribution in [2.75, 3.05) is 26.2 Å². The molecule has 5 heterocycles. The third kappa shape index (κ3) is 1.73. The van der Waals surface area contributed by atoms with Crippen LogP contribution in [0.5, 0.6) is 0 Å². The molecule has 0 amide bonds. The van der Waals surface area contributed by atoms with Gasteiger partial charge in [0.15, 0.2) is 0 Å². The standard InChI is InChI=1S/C19H21N3O/c1-18-9-21-11-19(2,17(18)23)12-22(10-18)16(21)14-7-13-5-3-4-6-15(13)20-8-14/h3-8,16H,9-12H2,1-2H3. The normalized spacial score (nSPS) is 41.7. The van der Waals surface area contributed by atoms with E-state index in [2.05, 4.69) is 52.9 Å². The Morgan fingerprint density at radius 3 is 2.30 bits per heavy atom. The number of nitrogens with zero attached hydrogens (tertiary/aromatic N) is 3. The molecule has 4 saturated heterocycles. The van der Waals surface area contributed by atoms with Crippen molar-refractivity contribution in [1.29, 1.82) is 0 Å². The van der Waals surface area contributed by atoms with Gasteiger partial charge < -0.3 is 0 Å². The van der Waals surface area contributed by atoms with Crippen molar-refractivity contribution in [2.24, 2.45) is 10.8 Å². The lowest BCUT2D eigenvalue weighted by atomic mass is 9.62. The quantitative estimate of drug-likeness (QED) is 0.811. The fraction of sp³-hybridized carbons (Fsp3) is 0.474. The molecule has 23 heavy (non-hydrogen) atoms. The molecule has 0 N–H and O–H groups in total. The summed E-state index contributed by atoms with van der Waals surface area (Å²) >= 11 is 0. The van der Waals surface area contributed by atoms with Crippen LogP contribution in [0.25, 0.3) is 10.9 Å². The Morgan fingerprint density at radius 1 is 1.04 bits per heavy atom. The summed E-state index contributed by atoms with van der Waals surface area (Å²) in [6, 6.07) is 10.5. The fourth-order valence-electron chi connectivity index (χ4n) is 5.25. The number of ketones is 1. The van der Waals surface area contributed by atoms with E-state index in [0.29, 0.717) is 5.78 Å². The minimum absolute atomic E-state index is 0.202. The first-order valence-electron chi connectivity index (χ1n) is 8.36. The molecule has 0 unspecified atom stereocenters. The number of aromatic nitrogens is 1. The number of rotatable bonds is 1. The van der Waals surface area contributed by atoms with Crippen LogP contribution in [0.2, 0.25) is 0 Å². The lowest BCUT2D eigenvalue weighted by molar-refractivity contribution is -0.197. The number of para-hydroxylation sites is 1. The van der Waals surface area contributed by atoms with Crippen molar-refractivity contribution in [3.63, 3.8) is 0 Å². The zero-order valence-corrected chi connectivity index (χ0v) is 13.6. The summed E-state index contributed by atoms with van der Waals surface area (Å²) in [7, 11) is 0. The predicted octanol–water partition coefficient (Wildman–Crippen LogP) is 2.46. The fourth-order valence-corrected chi connectivity index (χ4v) is 5.25. The molecule has 0 aliphatic carbocycles. The maximum atomic E-state index is 12.8. The molecule has 0 saturated carbocycles. The summed E-state index contributed by atoms with van der Waals surface area (Å²) in [4.78, 5) is 22.4. The number of benzene rings is 1. The van der Waals surface area contributed by atoms with Gasteiger partial charge >= 0.3 is 0 Å². The predicted molar refractivity (Wildman–Crippen MR) is 88.9 cm³/mol. The molecule has 118 valence electrons. The van der Waals surface area contributed by atoms with E-state index in [4.69, 9.17) is 0 Å². The summed E-state index contributed by atoms with van der Waals surface area (Å²) < 4.78 is 0. The van der Waals surface area contributed by atoms with Gasteiger partial charge in [0.25, 0.3) is 0 Å². The Hall–Kier alpha value is -1.78. The summed E-state index contributed by atoms with van der Waals surface area (Å²) in [6.45, 7) is 7.76. The maximum Gasteiger partial charge on any atom is 0.149 e. The van der Waals surface area contributed by atoms with Crippen LogP contribution in [-0.2, 0) is 4.79 Å². The number of pyridine rings is 1. The van der Waals surface area contributed by atoms with Crippen molar-refractivity contribution in [2.45, 2.75) is 20.0 Å². The van der Waals surface area contributed by atoms with E-state index in [-0.39, 0.29) is 17.0 Å². The van der Waals surface area contributed by atoms with Crippen molar-refractivity contribution in [3.05, 3.63) is 42.1 Å². The number of fused-ring (bicyclic) bond motifs is 1. The number of Topliss-reactive ketones (excluding diaryl/α,β-unsaturated/α-hetero) is 1. The van der Waals surface area contributed by atoms with Crippen LogP contribution in [0, 0.1) is 10.8 Å². The Kier molecular flexibility index (Phi) is 2.49. The number of piperidine rings is 2. The van der Waals surface area contributed by atoms with E-state index in [1.165, 1.54) is 10.9 Å². The highest BCUT2D eigenvalue weighted by atomic mass is 16.1. The van der Waals surface area contributed by atoms with Crippen LogP contribution in [0.1, 0.15) is 25.6 Å². The summed E-state index contributed by atoms with van der Waals surface area (Å²) in [6.07, 6.45) is 2.28. The van der Waals surface area contributed by atoms with Crippen molar-refractivity contribution < 1.29 is 4.79 Å². The second-order valence-corrected chi connectivity index (χ2v) is 8.10. The maximum absolute atomic E-state index is 12.8. The highest BCUT2D eigenvalue weighted by Gasteiger charge is 2.62. The first-order valence-corrected chi connectivity index (χ1v) is 8.36. The van der Waals surface area contributed by atoms with E-state index in [1.807, 2.05) is 12.3 Å².